The van der Waals surface area contributed by atoms with Gasteiger partial charge in [-0.2, -0.15) is 4.98 Å². The number of hydrogen-bond donors (Lipinski definition) is 2. The lowest BCUT2D eigenvalue weighted by atomic mass is 10.2. The molecule has 0 aliphatic rings. The number of nitrogens with two attached hydrogens (primary N) is 1. The molecule has 1 aromatic carbocycles. The van der Waals surface area contributed by atoms with Crippen molar-refractivity contribution in [2.45, 2.75) is 12.5 Å². The SMILES string of the molecule is C#C[C@@H](N)CCNc1nc2cc(Cl)ccc2o1. The van der Waals surface area contributed by atoms with Crippen LogP contribution in [0.5, 0.6) is 0 Å². The molecule has 2 aromatic rings. The maximum Gasteiger partial charge on any atom is 0.295 e. The molecule has 0 saturated heterocycles. The minimum atomic E-state index is -0.249. The summed E-state index contributed by atoms with van der Waals surface area (Å²) in [4.78, 5) is 4.24. The lowest BCUT2D eigenvalue weighted by Gasteiger charge is -2.03. The van der Waals surface area contributed by atoms with Crippen LogP contribution in [-0.4, -0.2) is 17.6 Å². The number of halogens is 1. The molecule has 1 aromatic heterocycles. The molecular weight excluding hydrogens is 238 g/mol. The van der Waals surface area contributed by atoms with E-state index >= 15 is 0 Å². The Morgan fingerprint density at radius 2 is 2.41 bits per heavy atom. The molecule has 0 aliphatic heterocycles. The highest BCUT2D eigenvalue weighted by Crippen LogP contribution is 2.22. The van der Waals surface area contributed by atoms with Crippen molar-refractivity contribution in [3.8, 4) is 12.3 Å². The molecular formula is C12H12ClN3O. The first-order valence-corrected chi connectivity index (χ1v) is 5.58. The van der Waals surface area contributed by atoms with Crippen molar-refractivity contribution in [2.24, 2.45) is 5.73 Å². The summed E-state index contributed by atoms with van der Waals surface area (Å²) >= 11 is 5.85. The van der Waals surface area contributed by atoms with Crippen LogP contribution >= 0.6 is 11.6 Å². The molecule has 3 N–H and O–H groups in total. The number of benzene rings is 1. The van der Waals surface area contributed by atoms with Gasteiger partial charge in [-0.15, -0.1) is 6.42 Å². The van der Waals surface area contributed by atoms with Gasteiger partial charge in [-0.05, 0) is 24.6 Å². The van der Waals surface area contributed by atoms with Crippen molar-refractivity contribution in [1.82, 2.24) is 4.98 Å². The lowest BCUT2D eigenvalue weighted by molar-refractivity contribution is 0.610. The van der Waals surface area contributed by atoms with Crippen LogP contribution in [0.4, 0.5) is 6.01 Å². The summed E-state index contributed by atoms with van der Waals surface area (Å²) in [6.07, 6.45) is 5.84. The molecule has 0 aliphatic carbocycles. The normalized spacial score (nSPS) is 12.3. The summed E-state index contributed by atoms with van der Waals surface area (Å²) in [7, 11) is 0. The molecule has 0 amide bonds. The summed E-state index contributed by atoms with van der Waals surface area (Å²) in [6, 6.07) is 5.49. The monoisotopic (exact) mass is 249 g/mol. The van der Waals surface area contributed by atoms with Crippen LogP contribution in [0.3, 0.4) is 0 Å². The fourth-order valence-corrected chi connectivity index (χ4v) is 1.56. The van der Waals surface area contributed by atoms with E-state index in [0.717, 1.165) is 5.52 Å². The highest BCUT2D eigenvalue weighted by atomic mass is 35.5. The summed E-state index contributed by atoms with van der Waals surface area (Å²) in [5.74, 6) is 2.45. The average Bonchev–Trinajstić information content (AvgIpc) is 2.70. The van der Waals surface area contributed by atoms with E-state index in [9.17, 15) is 0 Å². The number of nitrogens with one attached hydrogen (secondary N) is 1. The number of anilines is 1. The molecule has 0 saturated carbocycles. The van der Waals surface area contributed by atoms with Gasteiger partial charge in [-0.3, -0.25) is 0 Å². The largest absolute Gasteiger partial charge is 0.424 e. The second kappa shape index (κ2) is 5.09. The predicted octanol–water partition coefficient (Wildman–Crippen LogP) is 2.24. The number of nitrogens with zero attached hydrogens (tertiary/aromatic N) is 1. The van der Waals surface area contributed by atoms with Gasteiger partial charge in [0.25, 0.3) is 6.01 Å². The van der Waals surface area contributed by atoms with Crippen LogP contribution in [0.1, 0.15) is 6.42 Å². The van der Waals surface area contributed by atoms with E-state index in [1.807, 2.05) is 0 Å². The van der Waals surface area contributed by atoms with E-state index in [1.54, 1.807) is 18.2 Å². The molecule has 0 radical (unpaired) electrons. The van der Waals surface area contributed by atoms with Gasteiger partial charge in [0.2, 0.25) is 0 Å². The van der Waals surface area contributed by atoms with Crippen LogP contribution < -0.4 is 11.1 Å². The van der Waals surface area contributed by atoms with Crippen molar-refractivity contribution in [2.75, 3.05) is 11.9 Å². The van der Waals surface area contributed by atoms with Crippen LogP contribution in [-0.2, 0) is 0 Å². The molecule has 0 unspecified atom stereocenters. The maximum absolute atomic E-state index is 5.85. The van der Waals surface area contributed by atoms with Crippen LogP contribution in [0, 0.1) is 12.3 Å². The van der Waals surface area contributed by atoms with E-state index in [-0.39, 0.29) is 6.04 Å². The third-order valence-corrected chi connectivity index (χ3v) is 2.53. The molecule has 0 fully saturated rings. The predicted molar refractivity (Wildman–Crippen MR) is 68.9 cm³/mol. The quantitative estimate of drug-likeness (QED) is 0.816. The van der Waals surface area contributed by atoms with Crippen molar-refractivity contribution in [1.29, 1.82) is 0 Å². The van der Waals surface area contributed by atoms with Gasteiger partial charge in [0.1, 0.15) is 5.52 Å². The third kappa shape index (κ3) is 2.90. The van der Waals surface area contributed by atoms with Crippen molar-refractivity contribution in [3.63, 3.8) is 0 Å². The zero-order valence-corrected chi connectivity index (χ0v) is 9.87. The minimum Gasteiger partial charge on any atom is -0.424 e. The van der Waals surface area contributed by atoms with Gasteiger partial charge in [0, 0.05) is 11.6 Å². The van der Waals surface area contributed by atoms with Crippen LogP contribution in [0.25, 0.3) is 11.1 Å². The van der Waals surface area contributed by atoms with E-state index in [2.05, 4.69) is 16.2 Å². The molecule has 17 heavy (non-hydrogen) atoms. The maximum atomic E-state index is 5.85. The smallest absolute Gasteiger partial charge is 0.295 e. The summed E-state index contributed by atoms with van der Waals surface area (Å²) in [6.45, 7) is 0.617. The van der Waals surface area contributed by atoms with E-state index < -0.39 is 0 Å². The fourth-order valence-electron chi connectivity index (χ4n) is 1.39. The minimum absolute atomic E-state index is 0.249. The topological polar surface area (TPSA) is 64.1 Å². The van der Waals surface area contributed by atoms with E-state index in [0.29, 0.717) is 29.6 Å². The second-order valence-corrected chi connectivity index (χ2v) is 4.06. The zero-order chi connectivity index (χ0) is 12.3. The number of oxazole rings is 1. The lowest BCUT2D eigenvalue weighted by Crippen LogP contribution is -2.21. The molecule has 88 valence electrons. The molecule has 0 spiro atoms. The Balaban J connectivity index is 2.02. The Kier molecular flexibility index (Phi) is 3.52. The second-order valence-electron chi connectivity index (χ2n) is 3.62. The molecule has 1 atom stereocenters. The summed E-state index contributed by atoms with van der Waals surface area (Å²) < 4.78 is 5.47. The Labute approximate surface area is 104 Å². The Hall–Kier alpha value is -1.70. The van der Waals surface area contributed by atoms with E-state index in [4.69, 9.17) is 28.2 Å². The van der Waals surface area contributed by atoms with Crippen LogP contribution in [0.15, 0.2) is 22.6 Å². The first kappa shape index (κ1) is 11.8. The standard InChI is InChI=1S/C12H12ClN3O/c1-2-9(14)5-6-15-12-16-10-7-8(13)3-4-11(10)17-12/h1,3-4,7,9H,5-6,14H2,(H,15,16)/t9-/m1/s1. The Bertz CT molecular complexity index is 558. The Morgan fingerprint density at radius 1 is 1.59 bits per heavy atom. The summed E-state index contributed by atoms with van der Waals surface area (Å²) in [5, 5.41) is 3.65. The third-order valence-electron chi connectivity index (χ3n) is 2.30. The van der Waals surface area contributed by atoms with Crippen molar-refractivity contribution >= 4 is 28.7 Å². The van der Waals surface area contributed by atoms with Gasteiger partial charge in [-0.25, -0.2) is 0 Å². The zero-order valence-electron chi connectivity index (χ0n) is 9.11. The van der Waals surface area contributed by atoms with Crippen molar-refractivity contribution < 1.29 is 4.42 Å². The van der Waals surface area contributed by atoms with Gasteiger partial charge >= 0.3 is 0 Å². The van der Waals surface area contributed by atoms with Gasteiger partial charge in [0.05, 0.1) is 6.04 Å². The molecule has 2 rings (SSSR count). The van der Waals surface area contributed by atoms with E-state index in [1.165, 1.54) is 0 Å². The average molecular weight is 250 g/mol. The van der Waals surface area contributed by atoms with Gasteiger partial charge in [0.15, 0.2) is 5.58 Å². The number of rotatable bonds is 4. The Morgan fingerprint density at radius 3 is 3.18 bits per heavy atom. The first-order chi connectivity index (χ1) is 8.19. The first-order valence-electron chi connectivity index (χ1n) is 5.20. The number of fused-ring (bicyclic) bond motifs is 1. The highest BCUT2D eigenvalue weighted by molar-refractivity contribution is 6.31. The van der Waals surface area contributed by atoms with Gasteiger partial charge in [-0.1, -0.05) is 17.5 Å². The van der Waals surface area contributed by atoms with Crippen molar-refractivity contribution in [3.05, 3.63) is 23.2 Å². The molecule has 5 heteroatoms. The number of aromatic nitrogens is 1. The van der Waals surface area contributed by atoms with Crippen LogP contribution in [0.2, 0.25) is 5.02 Å². The highest BCUT2D eigenvalue weighted by Gasteiger charge is 2.05. The molecule has 4 nitrogen and oxygen atoms in total. The number of terminal acetylenes is 1. The molecule has 0 bridgehead atoms. The summed E-state index contributed by atoms with van der Waals surface area (Å²) in [5.41, 5.74) is 7.00. The fraction of sp³-hybridized carbons (Fsp3) is 0.250. The molecule has 1 heterocycles. The number of hydrogen-bond acceptors (Lipinski definition) is 4. The van der Waals surface area contributed by atoms with Gasteiger partial charge < -0.3 is 15.5 Å².